The molecule has 2 N–H and O–H groups in total. The van der Waals surface area contributed by atoms with Crippen molar-refractivity contribution in [2.75, 3.05) is 6.54 Å². The van der Waals surface area contributed by atoms with E-state index in [1.807, 2.05) is 13.0 Å². The van der Waals surface area contributed by atoms with Gasteiger partial charge in [-0.15, -0.1) is 23.1 Å². The Labute approximate surface area is 97.5 Å². The monoisotopic (exact) mass is 239 g/mol. The second-order valence-corrected chi connectivity index (χ2v) is 5.42. The van der Waals surface area contributed by atoms with E-state index in [-0.39, 0.29) is 0 Å². The number of hydrogen-bond acceptors (Lipinski definition) is 4. The fraction of sp³-hybridized carbons (Fsp3) is 0.273. The van der Waals surface area contributed by atoms with Crippen LogP contribution in [0.5, 0.6) is 0 Å². The van der Waals surface area contributed by atoms with Crippen LogP contribution < -0.4 is 5.73 Å². The highest BCUT2D eigenvalue weighted by Crippen LogP contribution is 2.38. The number of hydrogen-bond donors (Lipinski definition) is 1. The van der Waals surface area contributed by atoms with E-state index >= 15 is 0 Å². The van der Waals surface area contributed by atoms with E-state index in [4.69, 9.17) is 10.2 Å². The van der Waals surface area contributed by atoms with Gasteiger partial charge in [0.1, 0.15) is 5.76 Å². The predicted octanol–water partition coefficient (Wildman–Crippen LogP) is 3.44. The number of aryl methyl sites for hydroxylation is 1. The van der Waals surface area contributed by atoms with Crippen molar-refractivity contribution in [2.24, 2.45) is 5.73 Å². The molecule has 0 amide bonds. The molecule has 0 radical (unpaired) electrons. The highest BCUT2D eigenvalue weighted by atomic mass is 32.2. The SMILES string of the molecule is Cc1occc1SC(CN)c1cccs1. The molecule has 0 bridgehead atoms. The summed E-state index contributed by atoms with van der Waals surface area (Å²) in [7, 11) is 0. The van der Waals surface area contributed by atoms with Crippen LogP contribution >= 0.6 is 23.1 Å². The van der Waals surface area contributed by atoms with Gasteiger partial charge in [0.05, 0.1) is 11.5 Å². The Hall–Kier alpha value is -0.710. The molecule has 0 aromatic carbocycles. The van der Waals surface area contributed by atoms with E-state index in [0.29, 0.717) is 11.8 Å². The van der Waals surface area contributed by atoms with Crippen molar-refractivity contribution >= 4 is 23.1 Å². The van der Waals surface area contributed by atoms with E-state index in [1.165, 1.54) is 9.77 Å². The van der Waals surface area contributed by atoms with E-state index in [2.05, 4.69) is 17.5 Å². The summed E-state index contributed by atoms with van der Waals surface area (Å²) in [6.07, 6.45) is 1.72. The van der Waals surface area contributed by atoms with Gasteiger partial charge in [0, 0.05) is 16.3 Å². The molecule has 2 nitrogen and oxygen atoms in total. The predicted molar refractivity (Wildman–Crippen MR) is 65.4 cm³/mol. The summed E-state index contributed by atoms with van der Waals surface area (Å²) in [4.78, 5) is 2.50. The lowest BCUT2D eigenvalue weighted by Crippen LogP contribution is -2.07. The first-order valence-corrected chi connectivity index (χ1v) is 6.51. The summed E-state index contributed by atoms with van der Waals surface area (Å²) in [6, 6.07) is 6.19. The summed E-state index contributed by atoms with van der Waals surface area (Å²) in [5, 5.41) is 2.42. The molecule has 15 heavy (non-hydrogen) atoms. The van der Waals surface area contributed by atoms with Crippen molar-refractivity contribution in [3.05, 3.63) is 40.5 Å². The molecular weight excluding hydrogens is 226 g/mol. The molecule has 1 unspecified atom stereocenters. The van der Waals surface area contributed by atoms with Crippen LogP contribution in [0.15, 0.2) is 39.2 Å². The second-order valence-electron chi connectivity index (χ2n) is 3.20. The number of rotatable bonds is 4. The lowest BCUT2D eigenvalue weighted by molar-refractivity contribution is 0.527. The normalized spacial score (nSPS) is 12.9. The van der Waals surface area contributed by atoms with Gasteiger partial charge in [-0.25, -0.2) is 0 Å². The summed E-state index contributed by atoms with van der Waals surface area (Å²) >= 11 is 3.52. The fourth-order valence-corrected chi connectivity index (χ4v) is 3.32. The number of thioether (sulfide) groups is 1. The third-order valence-electron chi connectivity index (χ3n) is 2.16. The van der Waals surface area contributed by atoms with Gasteiger partial charge >= 0.3 is 0 Å². The lowest BCUT2D eigenvalue weighted by Gasteiger charge is -2.11. The van der Waals surface area contributed by atoms with Crippen LogP contribution in [-0.4, -0.2) is 6.54 Å². The molecule has 0 aliphatic carbocycles. The molecule has 4 heteroatoms. The Morgan fingerprint density at radius 2 is 2.40 bits per heavy atom. The minimum Gasteiger partial charge on any atom is -0.468 e. The lowest BCUT2D eigenvalue weighted by atomic mass is 10.3. The van der Waals surface area contributed by atoms with Gasteiger partial charge in [0.2, 0.25) is 0 Å². The minimum absolute atomic E-state index is 0.335. The maximum Gasteiger partial charge on any atom is 0.114 e. The quantitative estimate of drug-likeness (QED) is 0.831. The Morgan fingerprint density at radius 3 is 2.93 bits per heavy atom. The Balaban J connectivity index is 2.13. The van der Waals surface area contributed by atoms with Gasteiger partial charge < -0.3 is 10.2 Å². The first-order valence-electron chi connectivity index (χ1n) is 4.75. The fourth-order valence-electron chi connectivity index (χ4n) is 1.35. The van der Waals surface area contributed by atoms with Crippen LogP contribution in [0.2, 0.25) is 0 Å². The molecule has 0 aliphatic rings. The zero-order valence-electron chi connectivity index (χ0n) is 8.47. The largest absolute Gasteiger partial charge is 0.468 e. The van der Waals surface area contributed by atoms with Crippen LogP contribution in [0.25, 0.3) is 0 Å². The molecule has 0 fully saturated rings. The first kappa shape index (κ1) is 10.8. The van der Waals surface area contributed by atoms with Gasteiger partial charge in [-0.05, 0) is 24.4 Å². The van der Waals surface area contributed by atoms with Gasteiger partial charge in [0.15, 0.2) is 0 Å². The third kappa shape index (κ3) is 2.45. The first-order chi connectivity index (χ1) is 7.31. The average Bonchev–Trinajstić information content (AvgIpc) is 2.86. The van der Waals surface area contributed by atoms with Crippen LogP contribution in [-0.2, 0) is 0 Å². The molecule has 2 aromatic rings. The number of furan rings is 1. The number of nitrogens with two attached hydrogens (primary N) is 1. The molecule has 2 aromatic heterocycles. The molecule has 2 rings (SSSR count). The molecule has 1 atom stereocenters. The maximum atomic E-state index is 5.79. The second kappa shape index (κ2) is 4.88. The highest BCUT2D eigenvalue weighted by molar-refractivity contribution is 7.99. The highest BCUT2D eigenvalue weighted by Gasteiger charge is 2.14. The van der Waals surface area contributed by atoms with Crippen LogP contribution in [0.4, 0.5) is 0 Å². The van der Waals surface area contributed by atoms with Crippen molar-refractivity contribution < 1.29 is 4.42 Å². The van der Waals surface area contributed by atoms with Gasteiger partial charge in [-0.3, -0.25) is 0 Å². The van der Waals surface area contributed by atoms with Crippen molar-refractivity contribution in [2.45, 2.75) is 17.1 Å². The Bertz CT molecular complexity index is 408. The Kier molecular flexibility index (Phi) is 3.51. The van der Waals surface area contributed by atoms with E-state index in [0.717, 1.165) is 5.76 Å². The minimum atomic E-state index is 0.335. The van der Waals surface area contributed by atoms with Crippen LogP contribution in [0.3, 0.4) is 0 Å². The van der Waals surface area contributed by atoms with Crippen LogP contribution in [0, 0.1) is 6.92 Å². The van der Waals surface area contributed by atoms with E-state index in [9.17, 15) is 0 Å². The summed E-state index contributed by atoms with van der Waals surface area (Å²) in [5.41, 5.74) is 5.79. The zero-order chi connectivity index (χ0) is 10.7. The molecular formula is C11H13NOS2. The third-order valence-corrected chi connectivity index (χ3v) is 4.70. The summed E-state index contributed by atoms with van der Waals surface area (Å²) in [5.74, 6) is 0.968. The zero-order valence-corrected chi connectivity index (χ0v) is 10.1. The molecule has 80 valence electrons. The molecule has 0 spiro atoms. The topological polar surface area (TPSA) is 39.2 Å². The van der Waals surface area contributed by atoms with E-state index in [1.54, 1.807) is 29.4 Å². The smallest absolute Gasteiger partial charge is 0.114 e. The van der Waals surface area contributed by atoms with Crippen molar-refractivity contribution in [1.29, 1.82) is 0 Å². The van der Waals surface area contributed by atoms with Gasteiger partial charge in [-0.2, -0.15) is 0 Å². The molecule has 2 heterocycles. The molecule has 0 saturated heterocycles. The number of thiophene rings is 1. The van der Waals surface area contributed by atoms with Crippen LogP contribution in [0.1, 0.15) is 15.9 Å². The summed E-state index contributed by atoms with van der Waals surface area (Å²) < 4.78 is 5.27. The summed E-state index contributed by atoms with van der Waals surface area (Å²) in [6.45, 7) is 2.63. The van der Waals surface area contributed by atoms with Gasteiger partial charge in [0.25, 0.3) is 0 Å². The standard InChI is InChI=1S/C11H13NOS2/c1-8-9(4-5-13-8)15-11(7-12)10-3-2-6-14-10/h2-6,11H,7,12H2,1H3. The Morgan fingerprint density at radius 1 is 1.53 bits per heavy atom. The van der Waals surface area contributed by atoms with E-state index < -0.39 is 0 Å². The van der Waals surface area contributed by atoms with Crippen molar-refractivity contribution in [1.82, 2.24) is 0 Å². The maximum absolute atomic E-state index is 5.79. The van der Waals surface area contributed by atoms with Crippen molar-refractivity contribution in [3.8, 4) is 0 Å². The van der Waals surface area contributed by atoms with Gasteiger partial charge in [-0.1, -0.05) is 6.07 Å². The van der Waals surface area contributed by atoms with Crippen molar-refractivity contribution in [3.63, 3.8) is 0 Å². The molecule has 0 saturated carbocycles. The molecule has 0 aliphatic heterocycles. The average molecular weight is 239 g/mol.